The van der Waals surface area contributed by atoms with E-state index in [2.05, 4.69) is 21.0 Å². The van der Waals surface area contributed by atoms with Gasteiger partial charge in [0.15, 0.2) is 23.8 Å². The first kappa shape index (κ1) is 23.8. The van der Waals surface area contributed by atoms with Crippen LogP contribution in [-0.4, -0.2) is 60.7 Å². The Morgan fingerprint density at radius 1 is 1.03 bits per heavy atom. The third-order valence-corrected chi connectivity index (χ3v) is 5.09. The molecule has 0 unspecified atom stereocenters. The average Bonchev–Trinajstić information content (AvgIpc) is 3.23. The van der Waals surface area contributed by atoms with Crippen LogP contribution in [0.3, 0.4) is 0 Å². The Balaban J connectivity index is 2.29. The number of aromatic nitrogens is 2. The predicted octanol–water partition coefficient (Wildman–Crippen LogP) is 3.35. The van der Waals surface area contributed by atoms with Crippen LogP contribution < -0.4 is 9.47 Å². The zero-order valence-electron chi connectivity index (χ0n) is 17.8. The van der Waals surface area contributed by atoms with E-state index in [0.717, 1.165) is 0 Å². The molecule has 0 bridgehead atoms. The fourth-order valence-corrected chi connectivity index (χ4v) is 3.64. The van der Waals surface area contributed by atoms with Gasteiger partial charge in [0.2, 0.25) is 0 Å². The standard InChI is InChI=1S/C22H19BrN2O8/c1-30-15-10-12(9-14(23)20(15)33-11-16(26)27)18-17(21(28)31-2)19(22(29)32-3)25(24-18)13-7-5-4-6-8-13/h4-10H,11H2,1-3H3,(H,26,27). The van der Waals surface area contributed by atoms with Gasteiger partial charge < -0.3 is 24.1 Å². The highest BCUT2D eigenvalue weighted by atomic mass is 79.9. The topological polar surface area (TPSA) is 126 Å². The molecule has 11 heteroatoms. The third kappa shape index (κ3) is 4.82. The van der Waals surface area contributed by atoms with Gasteiger partial charge in [-0.25, -0.2) is 19.1 Å². The second kappa shape index (κ2) is 10.2. The number of carbonyl (C=O) groups is 3. The van der Waals surface area contributed by atoms with Crippen LogP contribution in [0.1, 0.15) is 20.8 Å². The van der Waals surface area contributed by atoms with E-state index in [1.165, 1.54) is 32.1 Å². The highest BCUT2D eigenvalue weighted by Crippen LogP contribution is 2.41. The number of carbonyl (C=O) groups excluding carboxylic acids is 2. The number of ether oxygens (including phenoxy) is 4. The van der Waals surface area contributed by atoms with Crippen molar-refractivity contribution in [3.8, 4) is 28.4 Å². The first-order valence-corrected chi connectivity index (χ1v) is 10.2. The Kier molecular flexibility index (Phi) is 7.34. The van der Waals surface area contributed by atoms with Gasteiger partial charge in [0.25, 0.3) is 0 Å². The number of benzene rings is 2. The quantitative estimate of drug-likeness (QED) is 0.446. The Labute approximate surface area is 196 Å². The van der Waals surface area contributed by atoms with E-state index in [-0.39, 0.29) is 28.5 Å². The largest absolute Gasteiger partial charge is 0.493 e. The van der Waals surface area contributed by atoms with Crippen molar-refractivity contribution in [2.24, 2.45) is 0 Å². The number of aliphatic carboxylic acids is 1. The van der Waals surface area contributed by atoms with Crippen LogP contribution in [0.25, 0.3) is 16.9 Å². The molecule has 3 rings (SSSR count). The maximum atomic E-state index is 12.8. The minimum Gasteiger partial charge on any atom is -0.493 e. The van der Waals surface area contributed by atoms with Crippen molar-refractivity contribution in [3.05, 3.63) is 58.2 Å². The van der Waals surface area contributed by atoms with Crippen molar-refractivity contribution >= 4 is 33.8 Å². The van der Waals surface area contributed by atoms with Gasteiger partial charge >= 0.3 is 17.9 Å². The minimum absolute atomic E-state index is 0.110. The lowest BCUT2D eigenvalue weighted by Crippen LogP contribution is -2.15. The van der Waals surface area contributed by atoms with Gasteiger partial charge in [-0.2, -0.15) is 5.10 Å². The first-order chi connectivity index (χ1) is 15.8. The Hall–Kier alpha value is -3.86. The first-order valence-electron chi connectivity index (χ1n) is 9.39. The normalized spacial score (nSPS) is 10.4. The number of esters is 2. The van der Waals surface area contributed by atoms with Crippen LogP contribution >= 0.6 is 15.9 Å². The number of halogens is 1. The second-order valence-corrected chi connectivity index (χ2v) is 7.33. The van der Waals surface area contributed by atoms with E-state index in [1.807, 2.05) is 0 Å². The zero-order valence-corrected chi connectivity index (χ0v) is 19.4. The van der Waals surface area contributed by atoms with Crippen molar-refractivity contribution in [1.82, 2.24) is 9.78 Å². The molecule has 0 aliphatic heterocycles. The van der Waals surface area contributed by atoms with Crippen molar-refractivity contribution in [2.45, 2.75) is 0 Å². The summed E-state index contributed by atoms with van der Waals surface area (Å²) in [4.78, 5) is 36.4. The molecular formula is C22H19BrN2O8. The molecule has 3 aromatic rings. The SMILES string of the molecule is COC(=O)c1c(-c2cc(Br)c(OCC(=O)O)c(OC)c2)nn(-c2ccccc2)c1C(=O)OC. The van der Waals surface area contributed by atoms with Crippen LogP contribution in [0, 0.1) is 0 Å². The molecule has 0 aliphatic carbocycles. The molecule has 0 aliphatic rings. The summed E-state index contributed by atoms with van der Waals surface area (Å²) in [5.41, 5.74) is 0.784. The van der Waals surface area contributed by atoms with E-state index >= 15 is 0 Å². The lowest BCUT2D eigenvalue weighted by Gasteiger charge is -2.13. The molecular weight excluding hydrogens is 500 g/mol. The van der Waals surface area contributed by atoms with Gasteiger partial charge in [0, 0.05) is 5.56 Å². The van der Waals surface area contributed by atoms with Crippen molar-refractivity contribution in [2.75, 3.05) is 27.9 Å². The number of nitrogens with zero attached hydrogens (tertiary/aromatic N) is 2. The number of hydrogen-bond donors (Lipinski definition) is 1. The maximum Gasteiger partial charge on any atom is 0.357 e. The molecule has 172 valence electrons. The summed E-state index contributed by atoms with van der Waals surface area (Å²) < 4.78 is 22.1. The molecule has 10 nitrogen and oxygen atoms in total. The molecule has 0 atom stereocenters. The predicted molar refractivity (Wildman–Crippen MR) is 119 cm³/mol. The number of carboxylic acid groups (broad SMARTS) is 1. The second-order valence-electron chi connectivity index (χ2n) is 6.47. The lowest BCUT2D eigenvalue weighted by atomic mass is 10.0. The molecule has 33 heavy (non-hydrogen) atoms. The molecule has 0 amide bonds. The van der Waals surface area contributed by atoms with Crippen molar-refractivity contribution < 1.29 is 38.4 Å². The number of para-hydroxylation sites is 1. The highest BCUT2D eigenvalue weighted by molar-refractivity contribution is 9.10. The smallest absolute Gasteiger partial charge is 0.357 e. The summed E-state index contributed by atoms with van der Waals surface area (Å²) in [6.45, 7) is -0.586. The summed E-state index contributed by atoms with van der Waals surface area (Å²) in [6.07, 6.45) is 0. The fourth-order valence-electron chi connectivity index (χ4n) is 3.09. The van der Waals surface area contributed by atoms with E-state index in [9.17, 15) is 14.4 Å². The molecule has 1 heterocycles. The summed E-state index contributed by atoms with van der Waals surface area (Å²) >= 11 is 3.34. The summed E-state index contributed by atoms with van der Waals surface area (Å²) in [5, 5.41) is 13.4. The molecule has 0 saturated carbocycles. The van der Waals surface area contributed by atoms with Crippen molar-refractivity contribution in [3.63, 3.8) is 0 Å². The minimum atomic E-state index is -1.16. The van der Waals surface area contributed by atoms with Gasteiger partial charge in [-0.1, -0.05) is 18.2 Å². The molecule has 2 aromatic carbocycles. The molecule has 0 fully saturated rings. The monoisotopic (exact) mass is 518 g/mol. The van der Waals surface area contributed by atoms with Crippen molar-refractivity contribution in [1.29, 1.82) is 0 Å². The molecule has 1 aromatic heterocycles. The van der Waals surface area contributed by atoms with Gasteiger partial charge in [0.1, 0.15) is 11.3 Å². The number of hydrogen-bond acceptors (Lipinski definition) is 8. The van der Waals surface area contributed by atoms with E-state index in [0.29, 0.717) is 15.7 Å². The van der Waals surface area contributed by atoms with Crippen LogP contribution in [0.5, 0.6) is 11.5 Å². The molecule has 1 N–H and O–H groups in total. The third-order valence-electron chi connectivity index (χ3n) is 4.50. The van der Waals surface area contributed by atoms with Gasteiger partial charge in [-0.15, -0.1) is 0 Å². The molecule has 0 spiro atoms. The fraction of sp³-hybridized carbons (Fsp3) is 0.182. The Morgan fingerprint density at radius 3 is 2.27 bits per heavy atom. The van der Waals surface area contributed by atoms with Crippen LogP contribution in [0.4, 0.5) is 0 Å². The van der Waals surface area contributed by atoms with Crippen LogP contribution in [0.15, 0.2) is 46.9 Å². The van der Waals surface area contributed by atoms with E-state index < -0.39 is 24.5 Å². The Bertz CT molecular complexity index is 1210. The Morgan fingerprint density at radius 2 is 1.70 bits per heavy atom. The molecule has 0 saturated heterocycles. The maximum absolute atomic E-state index is 12.8. The van der Waals surface area contributed by atoms with Gasteiger partial charge in [-0.05, 0) is 40.2 Å². The van der Waals surface area contributed by atoms with Crippen LogP contribution in [-0.2, 0) is 14.3 Å². The molecule has 0 radical (unpaired) electrons. The number of rotatable bonds is 8. The number of methoxy groups -OCH3 is 3. The van der Waals surface area contributed by atoms with E-state index in [4.69, 9.17) is 24.1 Å². The van der Waals surface area contributed by atoms with Gasteiger partial charge in [0.05, 0.1) is 31.5 Å². The van der Waals surface area contributed by atoms with E-state index in [1.54, 1.807) is 36.4 Å². The van der Waals surface area contributed by atoms with Gasteiger partial charge in [-0.3, -0.25) is 0 Å². The number of carboxylic acids is 1. The summed E-state index contributed by atoms with van der Waals surface area (Å²) in [6, 6.07) is 11.8. The summed E-state index contributed by atoms with van der Waals surface area (Å²) in [7, 11) is 3.76. The average molecular weight is 519 g/mol. The highest BCUT2D eigenvalue weighted by Gasteiger charge is 2.32. The zero-order chi connectivity index (χ0) is 24.1. The summed E-state index contributed by atoms with van der Waals surface area (Å²) in [5.74, 6) is -2.41. The van der Waals surface area contributed by atoms with Crippen LogP contribution in [0.2, 0.25) is 0 Å². The lowest BCUT2D eigenvalue weighted by molar-refractivity contribution is -0.139.